The summed E-state index contributed by atoms with van der Waals surface area (Å²) < 4.78 is 6.80. The lowest BCUT2D eigenvalue weighted by Crippen LogP contribution is -2.40. The average molecular weight is 413 g/mol. The van der Waals surface area contributed by atoms with Crippen LogP contribution in [0.25, 0.3) is 21.8 Å². The van der Waals surface area contributed by atoms with Crippen LogP contribution < -0.4 is 16.2 Å². The summed E-state index contributed by atoms with van der Waals surface area (Å²) in [7, 11) is 0. The lowest BCUT2D eigenvalue weighted by Gasteiger charge is -2.19. The minimum absolute atomic E-state index is 0.104. The predicted octanol–water partition coefficient (Wildman–Crippen LogP) is 2.22. The third kappa shape index (κ3) is 4.79. The van der Waals surface area contributed by atoms with Crippen molar-refractivity contribution >= 4 is 33.8 Å². The van der Waals surface area contributed by atoms with E-state index >= 15 is 0 Å². The maximum absolute atomic E-state index is 13.0. The number of alkyl carbamates (subject to hydrolysis) is 1. The minimum Gasteiger partial charge on any atom is -0.444 e. The summed E-state index contributed by atoms with van der Waals surface area (Å²) in [6, 6.07) is 7.63. The van der Waals surface area contributed by atoms with Gasteiger partial charge < -0.3 is 19.9 Å². The van der Waals surface area contributed by atoms with Crippen LogP contribution in [0.2, 0.25) is 0 Å². The molecule has 1 aromatic carbocycles. The number of pyridine rings is 1. The number of benzene rings is 1. The van der Waals surface area contributed by atoms with Crippen LogP contribution in [-0.2, 0) is 16.1 Å². The number of hydrogen-bond acceptors (Lipinski definition) is 5. The fourth-order valence-corrected chi connectivity index (χ4v) is 3.26. The minimum atomic E-state index is -0.639. The molecule has 0 saturated heterocycles. The first kappa shape index (κ1) is 21.4. The molecule has 30 heavy (non-hydrogen) atoms. The predicted molar refractivity (Wildman–Crippen MR) is 114 cm³/mol. The van der Waals surface area contributed by atoms with Crippen molar-refractivity contribution in [2.75, 3.05) is 13.1 Å². The maximum atomic E-state index is 13.0. The van der Waals surface area contributed by atoms with Crippen molar-refractivity contribution in [1.29, 1.82) is 0 Å². The lowest BCUT2D eigenvalue weighted by molar-refractivity contribution is -0.120. The van der Waals surface area contributed by atoms with Crippen molar-refractivity contribution in [3.05, 3.63) is 40.3 Å². The number of nitrogens with one attached hydrogen (secondary N) is 3. The molecule has 3 N–H and O–H groups in total. The van der Waals surface area contributed by atoms with Gasteiger partial charge in [0.25, 0.3) is 5.56 Å². The third-order valence-corrected chi connectivity index (χ3v) is 4.53. The Hall–Kier alpha value is -3.36. The van der Waals surface area contributed by atoms with Gasteiger partial charge in [0.15, 0.2) is 0 Å². The van der Waals surface area contributed by atoms with E-state index in [1.165, 1.54) is 0 Å². The van der Waals surface area contributed by atoms with Gasteiger partial charge in [0.2, 0.25) is 5.91 Å². The van der Waals surface area contributed by atoms with Crippen molar-refractivity contribution in [3.8, 4) is 0 Å². The lowest BCUT2D eigenvalue weighted by atomic mass is 10.1. The number of aromatic amines is 1. The van der Waals surface area contributed by atoms with E-state index in [-0.39, 0.29) is 18.0 Å². The number of rotatable bonds is 6. The van der Waals surface area contributed by atoms with E-state index in [4.69, 9.17) is 4.74 Å². The van der Waals surface area contributed by atoms with Crippen molar-refractivity contribution < 1.29 is 14.3 Å². The van der Waals surface area contributed by atoms with Gasteiger partial charge >= 0.3 is 6.09 Å². The van der Waals surface area contributed by atoms with Crippen molar-refractivity contribution in [1.82, 2.24) is 25.4 Å². The third-order valence-electron chi connectivity index (χ3n) is 4.53. The normalized spacial score (nSPS) is 11.6. The maximum Gasteiger partial charge on any atom is 0.408 e. The Kier molecular flexibility index (Phi) is 6.09. The molecule has 0 aliphatic heterocycles. The second-order valence-electron chi connectivity index (χ2n) is 8.11. The van der Waals surface area contributed by atoms with Crippen LogP contribution in [0.1, 0.15) is 32.9 Å². The Morgan fingerprint density at radius 2 is 1.93 bits per heavy atom. The number of fused-ring (bicyclic) bond motifs is 3. The number of H-pyrrole nitrogens is 1. The quantitative estimate of drug-likeness (QED) is 0.536. The highest BCUT2D eigenvalue weighted by Gasteiger charge is 2.17. The van der Waals surface area contributed by atoms with E-state index in [0.29, 0.717) is 30.4 Å². The molecule has 9 nitrogen and oxygen atoms in total. The Morgan fingerprint density at radius 3 is 2.67 bits per heavy atom. The number of amides is 2. The topological polar surface area (TPSA) is 118 Å². The first-order chi connectivity index (χ1) is 14.2. The largest absolute Gasteiger partial charge is 0.444 e. The molecule has 2 aromatic heterocycles. The van der Waals surface area contributed by atoms with Gasteiger partial charge in [-0.05, 0) is 40.2 Å². The van der Waals surface area contributed by atoms with Gasteiger partial charge in [0, 0.05) is 24.2 Å². The molecule has 2 amide bonds. The van der Waals surface area contributed by atoms with Crippen LogP contribution >= 0.6 is 0 Å². The molecule has 0 atom stereocenters. The van der Waals surface area contributed by atoms with E-state index < -0.39 is 11.7 Å². The average Bonchev–Trinajstić information content (AvgIpc) is 3.06. The van der Waals surface area contributed by atoms with Crippen molar-refractivity contribution in [2.45, 2.75) is 46.3 Å². The van der Waals surface area contributed by atoms with Crippen LogP contribution in [0.5, 0.6) is 0 Å². The molecule has 0 fully saturated rings. The number of ether oxygens (including phenoxy) is 1. The zero-order chi connectivity index (χ0) is 21.9. The summed E-state index contributed by atoms with van der Waals surface area (Å²) in [4.78, 5) is 36.5. The first-order valence-electron chi connectivity index (χ1n) is 9.87. The number of nitrogens with zero attached hydrogens (tertiary/aromatic N) is 2. The van der Waals surface area contributed by atoms with Crippen LogP contribution in [0.3, 0.4) is 0 Å². The Morgan fingerprint density at radius 1 is 1.20 bits per heavy atom. The summed E-state index contributed by atoms with van der Waals surface area (Å²) in [5.41, 5.74) is 1.49. The van der Waals surface area contributed by atoms with E-state index in [1.54, 1.807) is 25.3 Å². The summed E-state index contributed by atoms with van der Waals surface area (Å²) in [5.74, 6) is -0.320. The van der Waals surface area contributed by atoms with Gasteiger partial charge in [0.1, 0.15) is 11.1 Å². The molecule has 2 heterocycles. The van der Waals surface area contributed by atoms with Gasteiger partial charge in [-0.15, -0.1) is 0 Å². The van der Waals surface area contributed by atoms with Gasteiger partial charge in [0.05, 0.1) is 17.4 Å². The number of aryl methyl sites for hydroxylation is 2. The standard InChI is InChI=1S/C21H27N5O4/c1-13-17-18(25-24-13)14-8-5-6-9-15(14)26(19(17)28)11-7-10-22-16(27)12-23-20(29)30-21(2,3)4/h5-6,8-9H,7,10-12H2,1-4H3,(H,22,27)(H,23,29)(H,24,25). The Bertz CT molecular complexity index is 1140. The van der Waals surface area contributed by atoms with Crippen molar-refractivity contribution in [3.63, 3.8) is 0 Å². The number of carbonyl (C=O) groups excluding carboxylic acids is 2. The Balaban J connectivity index is 1.61. The highest BCUT2D eigenvalue weighted by atomic mass is 16.6. The zero-order valence-electron chi connectivity index (χ0n) is 17.7. The van der Waals surface area contributed by atoms with Gasteiger partial charge in [-0.2, -0.15) is 5.10 Å². The number of carbonyl (C=O) groups is 2. The second kappa shape index (κ2) is 8.56. The molecular formula is C21H27N5O4. The zero-order valence-corrected chi connectivity index (χ0v) is 17.7. The van der Waals surface area contributed by atoms with E-state index in [0.717, 1.165) is 16.6 Å². The molecule has 0 aliphatic carbocycles. The van der Waals surface area contributed by atoms with E-state index in [1.807, 2.05) is 31.2 Å². The molecule has 160 valence electrons. The van der Waals surface area contributed by atoms with Gasteiger partial charge in [-0.25, -0.2) is 4.79 Å². The second-order valence-corrected chi connectivity index (χ2v) is 8.11. The van der Waals surface area contributed by atoms with E-state index in [2.05, 4.69) is 20.8 Å². The van der Waals surface area contributed by atoms with Gasteiger partial charge in [-0.1, -0.05) is 18.2 Å². The summed E-state index contributed by atoms with van der Waals surface area (Å²) in [6.45, 7) is 7.73. The summed E-state index contributed by atoms with van der Waals surface area (Å²) >= 11 is 0. The molecule has 3 rings (SSSR count). The summed E-state index contributed by atoms with van der Waals surface area (Å²) in [5, 5.41) is 13.8. The first-order valence-corrected chi connectivity index (χ1v) is 9.87. The molecule has 0 bridgehead atoms. The SMILES string of the molecule is Cc1[nH]nc2c1c(=O)n(CCCNC(=O)CNC(=O)OC(C)(C)C)c1ccccc21. The fraction of sp³-hybridized carbons (Fsp3) is 0.429. The molecule has 0 spiro atoms. The molecule has 0 aliphatic rings. The molecule has 0 unspecified atom stereocenters. The number of para-hydroxylation sites is 1. The fourth-order valence-electron chi connectivity index (χ4n) is 3.26. The van der Waals surface area contributed by atoms with Crippen LogP contribution in [-0.4, -0.2) is 45.5 Å². The highest BCUT2D eigenvalue weighted by molar-refractivity contribution is 6.03. The molecule has 3 aromatic rings. The van der Waals surface area contributed by atoms with Crippen LogP contribution in [0.15, 0.2) is 29.1 Å². The molecular weight excluding hydrogens is 386 g/mol. The van der Waals surface area contributed by atoms with Crippen LogP contribution in [0.4, 0.5) is 4.79 Å². The molecule has 0 radical (unpaired) electrons. The Labute approximate surface area is 173 Å². The number of aromatic nitrogens is 3. The van der Waals surface area contributed by atoms with Crippen molar-refractivity contribution in [2.24, 2.45) is 0 Å². The summed E-state index contributed by atoms with van der Waals surface area (Å²) in [6.07, 6.45) is -0.0794. The number of hydrogen-bond donors (Lipinski definition) is 3. The van der Waals surface area contributed by atoms with Crippen LogP contribution in [0, 0.1) is 6.92 Å². The monoisotopic (exact) mass is 413 g/mol. The van der Waals surface area contributed by atoms with E-state index in [9.17, 15) is 14.4 Å². The highest BCUT2D eigenvalue weighted by Crippen LogP contribution is 2.22. The molecule has 9 heteroatoms. The molecule has 0 saturated carbocycles. The smallest absolute Gasteiger partial charge is 0.408 e. The van der Waals surface area contributed by atoms with Gasteiger partial charge in [-0.3, -0.25) is 14.7 Å².